The molecule has 0 unspecified atom stereocenters. The van der Waals surface area contributed by atoms with Gasteiger partial charge in [0.25, 0.3) is 0 Å². The van der Waals surface area contributed by atoms with E-state index < -0.39 is 17.4 Å². The highest BCUT2D eigenvalue weighted by atomic mass is 17.2. The summed E-state index contributed by atoms with van der Waals surface area (Å²) < 4.78 is 5.25. The molecule has 0 aliphatic heterocycles. The maximum atomic E-state index is 11.6. The summed E-state index contributed by atoms with van der Waals surface area (Å²) in [6.07, 6.45) is 5.11. The van der Waals surface area contributed by atoms with Crippen molar-refractivity contribution < 1.29 is 19.3 Å². The molecular formula is C15H30O4. The monoisotopic (exact) mass is 274 g/mol. The van der Waals surface area contributed by atoms with Gasteiger partial charge in [0.15, 0.2) is 0 Å². The van der Waals surface area contributed by atoms with Gasteiger partial charge in [-0.1, -0.05) is 33.1 Å². The third-order valence-electron chi connectivity index (χ3n) is 2.96. The number of hydrogen-bond acceptors (Lipinski definition) is 4. The summed E-state index contributed by atoms with van der Waals surface area (Å²) in [5, 5.41) is 0. The van der Waals surface area contributed by atoms with Crippen molar-refractivity contribution in [3.05, 3.63) is 0 Å². The number of ether oxygens (including phenoxy) is 1. The summed E-state index contributed by atoms with van der Waals surface area (Å²) in [4.78, 5) is 21.5. The van der Waals surface area contributed by atoms with Gasteiger partial charge in [-0.05, 0) is 47.0 Å². The van der Waals surface area contributed by atoms with Crippen molar-refractivity contribution in [2.24, 2.45) is 0 Å². The zero-order valence-electron chi connectivity index (χ0n) is 13.4. The van der Waals surface area contributed by atoms with Crippen molar-refractivity contribution in [1.29, 1.82) is 0 Å². The Kier molecular flexibility index (Phi) is 8.07. The zero-order chi connectivity index (χ0) is 14.9. The average Bonchev–Trinajstić information content (AvgIpc) is 2.31. The molecule has 19 heavy (non-hydrogen) atoms. The molecule has 0 aromatic carbocycles. The summed E-state index contributed by atoms with van der Waals surface area (Å²) in [5.41, 5.74) is -0.980. The van der Waals surface area contributed by atoms with Crippen molar-refractivity contribution in [2.45, 2.75) is 91.3 Å². The van der Waals surface area contributed by atoms with Crippen LogP contribution < -0.4 is 0 Å². The van der Waals surface area contributed by atoms with Crippen LogP contribution in [0.5, 0.6) is 0 Å². The SMILES string of the molecule is CCCCC(C)(C)OOC(=O)OC(C)(C)CCCC. The minimum Gasteiger partial charge on any atom is -0.426 e. The molecule has 0 aromatic heterocycles. The molecule has 0 saturated heterocycles. The summed E-state index contributed by atoms with van der Waals surface area (Å²) in [6, 6.07) is 0. The zero-order valence-corrected chi connectivity index (χ0v) is 13.4. The van der Waals surface area contributed by atoms with Crippen LogP contribution in [-0.4, -0.2) is 17.4 Å². The predicted octanol–water partition coefficient (Wildman–Crippen LogP) is 5.01. The van der Waals surface area contributed by atoms with Gasteiger partial charge < -0.3 is 4.74 Å². The van der Waals surface area contributed by atoms with E-state index in [0.29, 0.717) is 0 Å². The van der Waals surface area contributed by atoms with E-state index in [1.54, 1.807) is 0 Å². The van der Waals surface area contributed by atoms with Crippen molar-refractivity contribution in [1.82, 2.24) is 0 Å². The standard InChI is InChI=1S/C15H30O4/c1-7-9-11-14(3,4)17-13(16)18-19-15(5,6)12-10-8-2/h7-12H2,1-6H3. The van der Waals surface area contributed by atoms with E-state index in [1.807, 2.05) is 27.7 Å². The molecule has 0 heterocycles. The second-order valence-corrected chi connectivity index (χ2v) is 6.25. The third kappa shape index (κ3) is 9.77. The highest BCUT2D eigenvalue weighted by Gasteiger charge is 2.26. The maximum absolute atomic E-state index is 11.6. The van der Waals surface area contributed by atoms with Crippen LogP contribution >= 0.6 is 0 Å². The van der Waals surface area contributed by atoms with Crippen LogP contribution in [-0.2, 0) is 14.5 Å². The van der Waals surface area contributed by atoms with E-state index in [4.69, 9.17) is 14.5 Å². The van der Waals surface area contributed by atoms with Crippen LogP contribution in [0.4, 0.5) is 4.79 Å². The molecule has 0 spiro atoms. The summed E-state index contributed by atoms with van der Waals surface area (Å²) in [6.45, 7) is 11.8. The Bertz CT molecular complexity index is 259. The topological polar surface area (TPSA) is 44.8 Å². The highest BCUT2D eigenvalue weighted by molar-refractivity contribution is 5.59. The predicted molar refractivity (Wildman–Crippen MR) is 75.9 cm³/mol. The highest BCUT2D eigenvalue weighted by Crippen LogP contribution is 2.21. The van der Waals surface area contributed by atoms with Gasteiger partial charge in [-0.2, -0.15) is 4.89 Å². The fourth-order valence-electron chi connectivity index (χ4n) is 1.69. The van der Waals surface area contributed by atoms with Crippen molar-refractivity contribution in [2.75, 3.05) is 0 Å². The van der Waals surface area contributed by atoms with Crippen molar-refractivity contribution in [3.63, 3.8) is 0 Å². The number of rotatable bonds is 9. The fourth-order valence-corrected chi connectivity index (χ4v) is 1.69. The van der Waals surface area contributed by atoms with Crippen molar-refractivity contribution >= 4 is 6.16 Å². The molecule has 0 aromatic rings. The van der Waals surface area contributed by atoms with Gasteiger partial charge in [0.05, 0.1) is 0 Å². The van der Waals surface area contributed by atoms with Crippen molar-refractivity contribution in [3.8, 4) is 0 Å². The molecule has 4 heteroatoms. The lowest BCUT2D eigenvalue weighted by molar-refractivity contribution is -0.322. The maximum Gasteiger partial charge on any atom is 0.541 e. The molecule has 0 bridgehead atoms. The van der Waals surface area contributed by atoms with Gasteiger partial charge >= 0.3 is 6.16 Å². The molecular weight excluding hydrogens is 244 g/mol. The second kappa shape index (κ2) is 8.41. The molecule has 0 N–H and O–H groups in total. The molecule has 0 radical (unpaired) electrons. The first-order chi connectivity index (χ1) is 8.72. The lowest BCUT2D eigenvalue weighted by Gasteiger charge is -2.26. The summed E-state index contributed by atoms with van der Waals surface area (Å²) >= 11 is 0. The Balaban J connectivity index is 4.03. The Hall–Kier alpha value is -0.770. The second-order valence-electron chi connectivity index (χ2n) is 6.25. The molecule has 0 saturated carbocycles. The van der Waals surface area contributed by atoms with Crippen LogP contribution in [0.25, 0.3) is 0 Å². The van der Waals surface area contributed by atoms with Gasteiger partial charge in [0.1, 0.15) is 11.2 Å². The molecule has 0 fully saturated rings. The Morgan fingerprint density at radius 1 is 0.895 bits per heavy atom. The Labute approximate surface area is 117 Å². The molecule has 0 rings (SSSR count). The van der Waals surface area contributed by atoms with Gasteiger partial charge in [-0.25, -0.2) is 4.79 Å². The molecule has 0 aliphatic rings. The quantitative estimate of drug-likeness (QED) is 0.337. The smallest absolute Gasteiger partial charge is 0.426 e. The molecule has 0 aliphatic carbocycles. The van der Waals surface area contributed by atoms with Crippen LogP contribution in [0.1, 0.15) is 80.1 Å². The lowest BCUT2D eigenvalue weighted by atomic mass is 10.0. The van der Waals surface area contributed by atoms with E-state index in [2.05, 4.69) is 13.8 Å². The van der Waals surface area contributed by atoms with Crippen LogP contribution in [0.15, 0.2) is 0 Å². The lowest BCUT2D eigenvalue weighted by Crippen LogP contribution is -2.31. The summed E-state index contributed by atoms with van der Waals surface area (Å²) in [7, 11) is 0. The molecule has 0 atom stereocenters. The molecule has 4 nitrogen and oxygen atoms in total. The van der Waals surface area contributed by atoms with E-state index in [-0.39, 0.29) is 0 Å². The Morgan fingerprint density at radius 2 is 1.37 bits per heavy atom. The molecule has 0 amide bonds. The first-order valence-electron chi connectivity index (χ1n) is 7.31. The van der Waals surface area contributed by atoms with E-state index >= 15 is 0 Å². The van der Waals surface area contributed by atoms with E-state index in [9.17, 15) is 4.79 Å². The van der Waals surface area contributed by atoms with Gasteiger partial charge in [0.2, 0.25) is 0 Å². The van der Waals surface area contributed by atoms with Gasteiger partial charge in [0, 0.05) is 0 Å². The largest absolute Gasteiger partial charge is 0.541 e. The fraction of sp³-hybridized carbons (Fsp3) is 0.933. The number of unbranched alkanes of at least 4 members (excludes halogenated alkanes) is 2. The third-order valence-corrected chi connectivity index (χ3v) is 2.96. The van der Waals surface area contributed by atoms with Crippen LogP contribution in [0.3, 0.4) is 0 Å². The van der Waals surface area contributed by atoms with E-state index in [1.165, 1.54) is 0 Å². The molecule has 114 valence electrons. The minimum atomic E-state index is -0.759. The van der Waals surface area contributed by atoms with Gasteiger partial charge in [-0.3, -0.25) is 4.89 Å². The van der Waals surface area contributed by atoms with Gasteiger partial charge in [-0.15, -0.1) is 0 Å². The number of carbonyl (C=O) groups excluding carboxylic acids is 1. The minimum absolute atomic E-state index is 0.470. The van der Waals surface area contributed by atoms with E-state index in [0.717, 1.165) is 38.5 Å². The first kappa shape index (κ1) is 18.2. The number of hydrogen-bond donors (Lipinski definition) is 0. The first-order valence-corrected chi connectivity index (χ1v) is 7.31. The van der Waals surface area contributed by atoms with Crippen LogP contribution in [0.2, 0.25) is 0 Å². The average molecular weight is 274 g/mol. The Morgan fingerprint density at radius 3 is 1.84 bits per heavy atom. The normalized spacial score (nSPS) is 12.3. The number of carbonyl (C=O) groups is 1. The van der Waals surface area contributed by atoms with Crippen LogP contribution in [0, 0.1) is 0 Å². The summed E-state index contributed by atoms with van der Waals surface area (Å²) in [5.74, 6) is 0.